The average Bonchev–Trinajstić information content (AvgIpc) is 3.03. The highest BCUT2D eigenvalue weighted by molar-refractivity contribution is 6.48. The molecule has 2 aliphatic rings. The zero-order valence-corrected chi connectivity index (χ0v) is 20.0. The summed E-state index contributed by atoms with van der Waals surface area (Å²) >= 11 is 0. The number of nitrogens with one attached hydrogen (secondary N) is 1. The van der Waals surface area contributed by atoms with E-state index in [-0.39, 0.29) is 5.82 Å². The Morgan fingerprint density at radius 3 is 1.97 bits per heavy atom. The standard InChI is InChI=1S/C21H37BN2O6/c1-18(2,3)27-16(25)23-24(17(26)28-19(4,5)6)15-13-11-12-14(15)22-29-20(7,8)21(9,10)30-22/h11-12,14-15H,13H2,1-10H3,(H,23,25)/t14-,15?/m0/s1. The zero-order valence-electron chi connectivity index (χ0n) is 20.0. The lowest BCUT2D eigenvalue weighted by Crippen LogP contribution is -2.56. The Kier molecular flexibility index (Phi) is 6.60. The molecule has 0 bridgehead atoms. The molecule has 1 fully saturated rings. The van der Waals surface area contributed by atoms with E-state index in [0.717, 1.165) is 0 Å². The van der Waals surface area contributed by atoms with E-state index in [0.29, 0.717) is 6.42 Å². The van der Waals surface area contributed by atoms with Gasteiger partial charge < -0.3 is 18.8 Å². The van der Waals surface area contributed by atoms with Crippen LogP contribution in [0.3, 0.4) is 0 Å². The first-order valence-electron chi connectivity index (χ1n) is 10.5. The van der Waals surface area contributed by atoms with Gasteiger partial charge in [-0.1, -0.05) is 12.2 Å². The molecule has 1 aliphatic carbocycles. The van der Waals surface area contributed by atoms with Crippen molar-refractivity contribution in [3.63, 3.8) is 0 Å². The van der Waals surface area contributed by atoms with Crippen molar-refractivity contribution in [2.45, 2.75) is 110 Å². The van der Waals surface area contributed by atoms with Crippen molar-refractivity contribution in [3.8, 4) is 0 Å². The SMILES string of the molecule is CC(C)(C)OC(=O)NN(C(=O)OC(C)(C)C)C1CC=C[C@@H]1B1OC(C)(C)C(C)(C)O1. The topological polar surface area (TPSA) is 86.3 Å². The molecule has 8 nitrogen and oxygen atoms in total. The molecule has 1 unspecified atom stereocenters. The van der Waals surface area contributed by atoms with Gasteiger partial charge in [0.05, 0.1) is 17.2 Å². The third kappa shape index (κ3) is 5.91. The van der Waals surface area contributed by atoms with Gasteiger partial charge in [-0.2, -0.15) is 0 Å². The van der Waals surface area contributed by atoms with Crippen LogP contribution in [0.2, 0.25) is 5.82 Å². The number of carbonyl (C=O) groups is 2. The molecule has 2 rings (SSSR count). The van der Waals surface area contributed by atoms with Crippen LogP contribution >= 0.6 is 0 Å². The summed E-state index contributed by atoms with van der Waals surface area (Å²) in [5.74, 6) is -0.284. The average molecular weight is 424 g/mol. The maximum absolute atomic E-state index is 13.0. The summed E-state index contributed by atoms with van der Waals surface area (Å²) < 4.78 is 23.3. The first kappa shape index (κ1) is 24.5. The van der Waals surface area contributed by atoms with Gasteiger partial charge in [-0.3, -0.25) is 0 Å². The summed E-state index contributed by atoms with van der Waals surface area (Å²) in [4.78, 5) is 25.5. The minimum Gasteiger partial charge on any atom is -0.443 e. The third-order valence-electron chi connectivity index (χ3n) is 5.30. The summed E-state index contributed by atoms with van der Waals surface area (Å²) in [6, 6.07) is -0.443. The minimum absolute atomic E-state index is 0.284. The number of hydrogen-bond acceptors (Lipinski definition) is 6. The van der Waals surface area contributed by atoms with Gasteiger partial charge in [0.15, 0.2) is 0 Å². The number of carbonyl (C=O) groups excluding carboxylic acids is 2. The smallest absolute Gasteiger partial charge is 0.443 e. The molecular weight excluding hydrogens is 387 g/mol. The van der Waals surface area contributed by atoms with Gasteiger partial charge in [0, 0.05) is 5.82 Å². The zero-order chi connectivity index (χ0) is 23.1. The Morgan fingerprint density at radius 2 is 1.50 bits per heavy atom. The monoisotopic (exact) mass is 424 g/mol. The van der Waals surface area contributed by atoms with Gasteiger partial charge in [0.1, 0.15) is 11.2 Å². The molecule has 1 aliphatic heterocycles. The first-order chi connectivity index (χ1) is 13.4. The number of rotatable bonds is 2. The van der Waals surface area contributed by atoms with Crippen LogP contribution < -0.4 is 5.43 Å². The molecule has 0 aromatic rings. The largest absolute Gasteiger partial charge is 0.467 e. The summed E-state index contributed by atoms with van der Waals surface area (Å²) in [6.07, 6.45) is 3.04. The molecule has 0 aromatic heterocycles. The highest BCUT2D eigenvalue weighted by atomic mass is 16.7. The third-order valence-corrected chi connectivity index (χ3v) is 5.30. The van der Waals surface area contributed by atoms with E-state index in [1.807, 2.05) is 39.8 Å². The Morgan fingerprint density at radius 1 is 1.00 bits per heavy atom. The van der Waals surface area contributed by atoms with Gasteiger partial charge >= 0.3 is 19.3 Å². The van der Waals surface area contributed by atoms with Crippen LogP contribution in [0.15, 0.2) is 12.2 Å². The lowest BCUT2D eigenvalue weighted by atomic mass is 9.69. The minimum atomic E-state index is -0.729. The lowest BCUT2D eigenvalue weighted by molar-refractivity contribution is -0.00910. The fourth-order valence-electron chi connectivity index (χ4n) is 3.23. The Hall–Kier alpha value is -1.74. The molecule has 0 spiro atoms. The van der Waals surface area contributed by atoms with Crippen molar-refractivity contribution < 1.29 is 28.4 Å². The van der Waals surface area contributed by atoms with Crippen LogP contribution in [-0.4, -0.2) is 52.8 Å². The number of nitrogens with zero attached hydrogens (tertiary/aromatic N) is 1. The second-order valence-electron chi connectivity index (χ2n) is 10.9. The van der Waals surface area contributed by atoms with E-state index in [1.54, 1.807) is 41.5 Å². The van der Waals surface area contributed by atoms with Crippen LogP contribution in [0.5, 0.6) is 0 Å². The Bertz CT molecular complexity index is 677. The predicted molar refractivity (Wildman–Crippen MR) is 115 cm³/mol. The maximum atomic E-state index is 13.0. The predicted octanol–water partition coefficient (Wildman–Crippen LogP) is 4.45. The highest BCUT2D eigenvalue weighted by Gasteiger charge is 2.56. The second-order valence-corrected chi connectivity index (χ2v) is 10.9. The molecule has 170 valence electrons. The molecule has 2 amide bonds. The highest BCUT2D eigenvalue weighted by Crippen LogP contribution is 2.44. The molecule has 2 atom stereocenters. The lowest BCUT2D eigenvalue weighted by Gasteiger charge is -2.35. The molecule has 1 saturated heterocycles. The molecule has 0 radical (unpaired) electrons. The summed E-state index contributed by atoms with van der Waals surface area (Å²) in [7, 11) is -0.566. The molecule has 0 saturated carbocycles. The fraction of sp³-hybridized carbons (Fsp3) is 0.810. The first-order valence-corrected chi connectivity index (χ1v) is 10.5. The molecule has 30 heavy (non-hydrogen) atoms. The van der Waals surface area contributed by atoms with Gasteiger partial charge in [-0.15, -0.1) is 0 Å². The van der Waals surface area contributed by atoms with Crippen LogP contribution in [-0.2, 0) is 18.8 Å². The second kappa shape index (κ2) is 8.07. The van der Waals surface area contributed by atoms with Crippen LogP contribution in [0.25, 0.3) is 0 Å². The number of hydrazine groups is 1. The van der Waals surface area contributed by atoms with Gasteiger partial charge in [-0.05, 0) is 75.7 Å². The van der Waals surface area contributed by atoms with E-state index in [2.05, 4.69) is 5.43 Å². The summed E-state index contributed by atoms with van der Waals surface area (Å²) in [6.45, 7) is 18.5. The Labute approximate surface area is 180 Å². The molecule has 9 heteroatoms. The molecule has 0 aromatic carbocycles. The van der Waals surface area contributed by atoms with Gasteiger partial charge in [0.25, 0.3) is 0 Å². The van der Waals surface area contributed by atoms with E-state index < -0.39 is 47.8 Å². The van der Waals surface area contributed by atoms with Crippen molar-refractivity contribution in [1.82, 2.24) is 10.4 Å². The summed E-state index contributed by atoms with van der Waals surface area (Å²) in [5.41, 5.74) is 0.136. The van der Waals surface area contributed by atoms with Crippen molar-refractivity contribution >= 4 is 19.3 Å². The van der Waals surface area contributed by atoms with Crippen molar-refractivity contribution in [2.75, 3.05) is 0 Å². The van der Waals surface area contributed by atoms with E-state index in [9.17, 15) is 9.59 Å². The molecular formula is C21H37BN2O6. The number of amides is 2. The van der Waals surface area contributed by atoms with E-state index in [1.165, 1.54) is 5.01 Å². The number of ether oxygens (including phenoxy) is 2. The normalized spacial score (nSPS) is 25.2. The molecule has 1 heterocycles. The molecule has 1 N–H and O–H groups in total. The van der Waals surface area contributed by atoms with Crippen molar-refractivity contribution in [1.29, 1.82) is 0 Å². The van der Waals surface area contributed by atoms with Gasteiger partial charge in [-0.25, -0.2) is 20.0 Å². The van der Waals surface area contributed by atoms with Gasteiger partial charge in [0.2, 0.25) is 0 Å². The van der Waals surface area contributed by atoms with E-state index >= 15 is 0 Å². The van der Waals surface area contributed by atoms with Crippen molar-refractivity contribution in [3.05, 3.63) is 12.2 Å². The van der Waals surface area contributed by atoms with Crippen LogP contribution in [0.4, 0.5) is 9.59 Å². The van der Waals surface area contributed by atoms with Crippen molar-refractivity contribution in [2.24, 2.45) is 0 Å². The quantitative estimate of drug-likeness (QED) is 0.400. The van der Waals surface area contributed by atoms with E-state index in [4.69, 9.17) is 18.8 Å². The number of hydrogen-bond donors (Lipinski definition) is 1. The van der Waals surface area contributed by atoms with Crippen LogP contribution in [0, 0.1) is 0 Å². The Balaban J connectivity index is 2.26. The maximum Gasteiger partial charge on any atom is 0.467 e. The summed E-state index contributed by atoms with van der Waals surface area (Å²) in [5, 5.41) is 1.20. The van der Waals surface area contributed by atoms with Crippen LogP contribution in [0.1, 0.15) is 75.7 Å². The fourth-order valence-corrected chi connectivity index (χ4v) is 3.23.